The zero-order valence-electron chi connectivity index (χ0n) is 9.56. The molecule has 1 saturated heterocycles. The summed E-state index contributed by atoms with van der Waals surface area (Å²) in [4.78, 5) is 11.9. The van der Waals surface area contributed by atoms with E-state index in [9.17, 15) is 9.18 Å². The van der Waals surface area contributed by atoms with Crippen LogP contribution in [0.5, 0.6) is 0 Å². The minimum absolute atomic E-state index is 0.0235. The summed E-state index contributed by atoms with van der Waals surface area (Å²) in [6.07, 6.45) is 1.15. The highest BCUT2D eigenvalue weighted by atomic mass is 19.1. The molecule has 1 heterocycles. The quantitative estimate of drug-likeness (QED) is 0.862. The molecule has 2 N–H and O–H groups in total. The molecule has 1 fully saturated rings. The van der Waals surface area contributed by atoms with Gasteiger partial charge in [0.1, 0.15) is 11.9 Å². The van der Waals surface area contributed by atoms with Crippen LogP contribution in [0.15, 0.2) is 24.3 Å². The summed E-state index contributed by atoms with van der Waals surface area (Å²) < 4.78 is 18.9. The molecule has 2 atom stereocenters. The van der Waals surface area contributed by atoms with Crippen molar-refractivity contribution in [3.63, 3.8) is 0 Å². The Morgan fingerprint density at radius 1 is 1.41 bits per heavy atom. The van der Waals surface area contributed by atoms with Crippen molar-refractivity contribution < 1.29 is 13.9 Å². The maximum atomic E-state index is 13.4. The van der Waals surface area contributed by atoms with E-state index in [1.165, 1.54) is 6.07 Å². The van der Waals surface area contributed by atoms with Crippen molar-refractivity contribution in [3.05, 3.63) is 35.6 Å². The van der Waals surface area contributed by atoms with E-state index in [1.807, 2.05) is 0 Å². The minimum atomic E-state index is -0.414. The van der Waals surface area contributed by atoms with Crippen LogP contribution in [0, 0.1) is 5.82 Å². The summed E-state index contributed by atoms with van der Waals surface area (Å²) in [6, 6.07) is 6.33. The van der Waals surface area contributed by atoms with Crippen molar-refractivity contribution in [1.82, 2.24) is 0 Å². The standard InChI is InChI=1S/C13H16FNO2/c14-11-4-2-1-3-9(11)7-12(16)13-6-5-10(8-15)17-13/h1-4,10,13H,5-8,15H2. The summed E-state index contributed by atoms with van der Waals surface area (Å²) in [5.74, 6) is -0.403. The van der Waals surface area contributed by atoms with Gasteiger partial charge in [0.05, 0.1) is 6.10 Å². The monoisotopic (exact) mass is 237 g/mol. The van der Waals surface area contributed by atoms with Crippen LogP contribution in [0.1, 0.15) is 18.4 Å². The van der Waals surface area contributed by atoms with E-state index in [0.29, 0.717) is 18.5 Å². The number of rotatable bonds is 4. The Labute approximate surface area is 99.8 Å². The molecule has 0 spiro atoms. The molecule has 0 aromatic heterocycles. The normalized spacial score (nSPS) is 23.9. The van der Waals surface area contributed by atoms with Crippen molar-refractivity contribution in [2.24, 2.45) is 5.73 Å². The van der Waals surface area contributed by atoms with Gasteiger partial charge in [0.25, 0.3) is 0 Å². The largest absolute Gasteiger partial charge is 0.366 e. The van der Waals surface area contributed by atoms with Crippen LogP contribution in [0.25, 0.3) is 0 Å². The molecule has 1 aromatic carbocycles. The van der Waals surface area contributed by atoms with E-state index in [1.54, 1.807) is 18.2 Å². The maximum Gasteiger partial charge on any atom is 0.166 e. The molecule has 0 amide bonds. The van der Waals surface area contributed by atoms with Crippen LogP contribution in [-0.4, -0.2) is 24.5 Å². The van der Waals surface area contributed by atoms with E-state index >= 15 is 0 Å². The summed E-state index contributed by atoms with van der Waals surface area (Å²) in [6.45, 7) is 0.434. The molecule has 0 aliphatic carbocycles. The number of halogens is 1. The first-order chi connectivity index (χ1) is 8.20. The Morgan fingerprint density at radius 2 is 2.18 bits per heavy atom. The Morgan fingerprint density at radius 3 is 2.82 bits per heavy atom. The zero-order chi connectivity index (χ0) is 12.3. The molecule has 0 radical (unpaired) electrons. The summed E-state index contributed by atoms with van der Waals surface area (Å²) in [5.41, 5.74) is 5.90. The lowest BCUT2D eigenvalue weighted by atomic mass is 10.0. The molecule has 92 valence electrons. The third-order valence-corrected chi connectivity index (χ3v) is 3.05. The van der Waals surface area contributed by atoms with Crippen molar-refractivity contribution in [2.45, 2.75) is 31.5 Å². The van der Waals surface area contributed by atoms with Gasteiger partial charge in [0.2, 0.25) is 0 Å². The average Bonchev–Trinajstić information content (AvgIpc) is 2.81. The highest BCUT2D eigenvalue weighted by Crippen LogP contribution is 2.21. The maximum absolute atomic E-state index is 13.4. The lowest BCUT2D eigenvalue weighted by Gasteiger charge is -2.11. The van der Waals surface area contributed by atoms with Gasteiger partial charge in [0.15, 0.2) is 5.78 Å². The summed E-state index contributed by atoms with van der Waals surface area (Å²) >= 11 is 0. The van der Waals surface area contributed by atoms with Crippen molar-refractivity contribution in [3.8, 4) is 0 Å². The highest BCUT2D eigenvalue weighted by Gasteiger charge is 2.29. The highest BCUT2D eigenvalue weighted by molar-refractivity contribution is 5.85. The predicted molar refractivity (Wildman–Crippen MR) is 62.1 cm³/mol. The number of ketones is 1. The van der Waals surface area contributed by atoms with Crippen molar-refractivity contribution in [1.29, 1.82) is 0 Å². The second kappa shape index (κ2) is 5.38. The smallest absolute Gasteiger partial charge is 0.166 e. The Bertz CT molecular complexity index is 408. The molecule has 0 bridgehead atoms. The first-order valence-corrected chi connectivity index (χ1v) is 5.82. The number of ether oxygens (including phenoxy) is 1. The minimum Gasteiger partial charge on any atom is -0.366 e. The Hall–Kier alpha value is -1.26. The molecule has 0 saturated carbocycles. The Balaban J connectivity index is 1.96. The van der Waals surface area contributed by atoms with Gasteiger partial charge in [0, 0.05) is 13.0 Å². The number of hydrogen-bond acceptors (Lipinski definition) is 3. The Kier molecular flexibility index (Phi) is 3.86. The number of hydrogen-bond donors (Lipinski definition) is 1. The molecular weight excluding hydrogens is 221 g/mol. The van der Waals surface area contributed by atoms with Crippen LogP contribution in [0.2, 0.25) is 0 Å². The average molecular weight is 237 g/mol. The lowest BCUT2D eigenvalue weighted by molar-refractivity contribution is -0.128. The van der Waals surface area contributed by atoms with Crippen LogP contribution in [-0.2, 0) is 16.0 Å². The van der Waals surface area contributed by atoms with E-state index in [0.717, 1.165) is 6.42 Å². The zero-order valence-corrected chi connectivity index (χ0v) is 9.56. The van der Waals surface area contributed by atoms with Gasteiger partial charge in [-0.05, 0) is 24.5 Å². The topological polar surface area (TPSA) is 52.3 Å². The molecule has 1 aliphatic rings. The summed E-state index contributed by atoms with van der Waals surface area (Å²) in [5, 5.41) is 0. The van der Waals surface area contributed by atoms with Gasteiger partial charge in [-0.25, -0.2) is 4.39 Å². The number of Topliss-reactive ketones (excluding diaryl/α,β-unsaturated/α-hetero) is 1. The van der Waals surface area contributed by atoms with Gasteiger partial charge >= 0.3 is 0 Å². The number of nitrogens with two attached hydrogens (primary N) is 1. The van der Waals surface area contributed by atoms with Crippen LogP contribution in [0.4, 0.5) is 4.39 Å². The van der Waals surface area contributed by atoms with Crippen LogP contribution in [0.3, 0.4) is 0 Å². The van der Waals surface area contributed by atoms with Gasteiger partial charge in [-0.1, -0.05) is 18.2 Å². The predicted octanol–water partition coefficient (Wildman–Crippen LogP) is 1.44. The molecule has 2 rings (SSSR count). The van der Waals surface area contributed by atoms with E-state index in [4.69, 9.17) is 10.5 Å². The van der Waals surface area contributed by atoms with Gasteiger partial charge < -0.3 is 10.5 Å². The fourth-order valence-electron chi connectivity index (χ4n) is 2.06. The number of benzene rings is 1. The first-order valence-electron chi connectivity index (χ1n) is 5.82. The van der Waals surface area contributed by atoms with E-state index in [-0.39, 0.29) is 24.1 Å². The van der Waals surface area contributed by atoms with Crippen molar-refractivity contribution in [2.75, 3.05) is 6.54 Å². The van der Waals surface area contributed by atoms with Crippen LogP contribution < -0.4 is 5.73 Å². The second-order valence-corrected chi connectivity index (χ2v) is 4.29. The van der Waals surface area contributed by atoms with E-state index < -0.39 is 6.10 Å². The molecule has 3 nitrogen and oxygen atoms in total. The third kappa shape index (κ3) is 2.90. The number of carbonyl (C=O) groups is 1. The fourth-order valence-corrected chi connectivity index (χ4v) is 2.06. The fraction of sp³-hybridized carbons (Fsp3) is 0.462. The van der Waals surface area contributed by atoms with Gasteiger partial charge in [-0.2, -0.15) is 0 Å². The van der Waals surface area contributed by atoms with E-state index in [2.05, 4.69) is 0 Å². The van der Waals surface area contributed by atoms with Crippen LogP contribution >= 0.6 is 0 Å². The molecular formula is C13H16FNO2. The molecule has 1 aromatic rings. The number of carbonyl (C=O) groups excluding carboxylic acids is 1. The SMILES string of the molecule is NCC1CCC(C(=O)Cc2ccccc2F)O1. The first kappa shape index (κ1) is 12.2. The second-order valence-electron chi connectivity index (χ2n) is 4.29. The van der Waals surface area contributed by atoms with Crippen molar-refractivity contribution >= 4 is 5.78 Å². The lowest BCUT2D eigenvalue weighted by Crippen LogP contribution is -2.26. The molecule has 17 heavy (non-hydrogen) atoms. The molecule has 4 heteroatoms. The third-order valence-electron chi connectivity index (χ3n) is 3.05. The molecule has 1 aliphatic heterocycles. The van der Waals surface area contributed by atoms with Gasteiger partial charge in [-0.15, -0.1) is 0 Å². The van der Waals surface area contributed by atoms with Gasteiger partial charge in [-0.3, -0.25) is 4.79 Å². The summed E-state index contributed by atoms with van der Waals surface area (Å²) in [7, 11) is 0. The molecule has 2 unspecified atom stereocenters.